The Kier molecular flexibility index (Phi) is 6.25. The van der Waals surface area contributed by atoms with Crippen LogP contribution in [0.15, 0.2) is 0 Å². The summed E-state index contributed by atoms with van der Waals surface area (Å²) in [7, 11) is 1.59. The highest BCUT2D eigenvalue weighted by atomic mass is 32.2. The lowest BCUT2D eigenvalue weighted by Crippen LogP contribution is -2.41. The van der Waals surface area contributed by atoms with Crippen molar-refractivity contribution in [1.29, 1.82) is 0 Å². The molecule has 92 valence electrons. The van der Waals surface area contributed by atoms with Gasteiger partial charge in [0.15, 0.2) is 0 Å². The maximum atomic E-state index is 11.5. The Labute approximate surface area is 100 Å². The van der Waals surface area contributed by atoms with Gasteiger partial charge in [0.25, 0.3) is 0 Å². The molecule has 6 heteroatoms. The molecule has 0 spiro atoms. The quantitative estimate of drug-likeness (QED) is 0.601. The second kappa shape index (κ2) is 7.51. The zero-order valence-corrected chi connectivity index (χ0v) is 10.4. The van der Waals surface area contributed by atoms with Gasteiger partial charge in [0.1, 0.15) is 0 Å². The fraction of sp³-hybridized carbons (Fsp3) is 0.800. The number of nitrogens with one attached hydrogen (secondary N) is 3. The minimum Gasteiger partial charge on any atom is -0.359 e. The zero-order chi connectivity index (χ0) is 11.8. The Morgan fingerprint density at radius 1 is 1.44 bits per heavy atom. The fourth-order valence-electron chi connectivity index (χ4n) is 1.49. The highest BCUT2D eigenvalue weighted by Crippen LogP contribution is 2.09. The Morgan fingerprint density at radius 2 is 2.25 bits per heavy atom. The van der Waals surface area contributed by atoms with Crippen molar-refractivity contribution in [2.45, 2.75) is 18.9 Å². The SMILES string of the molecule is CNC(=O)CCNC(=O)CC1CSCCN1. The third-order valence-electron chi connectivity index (χ3n) is 2.38. The Bertz CT molecular complexity index is 242. The van der Waals surface area contributed by atoms with E-state index < -0.39 is 0 Å². The number of carbonyl (C=O) groups is 2. The monoisotopic (exact) mass is 245 g/mol. The summed E-state index contributed by atoms with van der Waals surface area (Å²) in [6.45, 7) is 1.39. The van der Waals surface area contributed by atoms with Gasteiger partial charge in [-0.2, -0.15) is 11.8 Å². The molecule has 1 aliphatic rings. The van der Waals surface area contributed by atoms with Gasteiger partial charge < -0.3 is 16.0 Å². The highest BCUT2D eigenvalue weighted by molar-refractivity contribution is 7.99. The molecule has 16 heavy (non-hydrogen) atoms. The number of amides is 2. The average Bonchev–Trinajstić information content (AvgIpc) is 2.30. The van der Waals surface area contributed by atoms with Crippen LogP contribution in [0.4, 0.5) is 0 Å². The van der Waals surface area contributed by atoms with Crippen molar-refractivity contribution in [2.75, 3.05) is 31.6 Å². The molecule has 0 aromatic carbocycles. The summed E-state index contributed by atoms with van der Waals surface area (Å²) in [5.41, 5.74) is 0. The average molecular weight is 245 g/mol. The molecule has 0 aromatic rings. The molecule has 1 unspecified atom stereocenters. The topological polar surface area (TPSA) is 70.2 Å². The van der Waals surface area contributed by atoms with E-state index in [2.05, 4.69) is 16.0 Å². The van der Waals surface area contributed by atoms with E-state index >= 15 is 0 Å². The van der Waals surface area contributed by atoms with Crippen molar-refractivity contribution in [2.24, 2.45) is 0 Å². The van der Waals surface area contributed by atoms with Crippen molar-refractivity contribution >= 4 is 23.6 Å². The third kappa shape index (κ3) is 5.37. The van der Waals surface area contributed by atoms with Gasteiger partial charge in [-0.1, -0.05) is 0 Å². The molecule has 1 heterocycles. The van der Waals surface area contributed by atoms with Crippen LogP contribution in [0, 0.1) is 0 Å². The summed E-state index contributed by atoms with van der Waals surface area (Å²) < 4.78 is 0. The summed E-state index contributed by atoms with van der Waals surface area (Å²) in [4.78, 5) is 22.4. The van der Waals surface area contributed by atoms with Crippen LogP contribution in [0.3, 0.4) is 0 Å². The summed E-state index contributed by atoms with van der Waals surface area (Å²) in [6, 6.07) is 0.277. The van der Waals surface area contributed by atoms with E-state index in [0.29, 0.717) is 19.4 Å². The van der Waals surface area contributed by atoms with E-state index in [9.17, 15) is 9.59 Å². The molecule has 2 amide bonds. The third-order valence-corrected chi connectivity index (χ3v) is 3.51. The summed E-state index contributed by atoms with van der Waals surface area (Å²) in [6.07, 6.45) is 0.843. The predicted molar refractivity (Wildman–Crippen MR) is 65.4 cm³/mol. The molecule has 5 nitrogen and oxygen atoms in total. The van der Waals surface area contributed by atoms with Crippen LogP contribution < -0.4 is 16.0 Å². The molecule has 1 atom stereocenters. The fourth-order valence-corrected chi connectivity index (χ4v) is 2.44. The summed E-state index contributed by atoms with van der Waals surface area (Å²) in [5.74, 6) is 2.08. The molecule has 1 fully saturated rings. The maximum absolute atomic E-state index is 11.5. The largest absolute Gasteiger partial charge is 0.359 e. The Morgan fingerprint density at radius 3 is 2.88 bits per heavy atom. The van der Waals surface area contributed by atoms with Crippen molar-refractivity contribution < 1.29 is 9.59 Å². The second-order valence-corrected chi connectivity index (χ2v) is 4.85. The van der Waals surface area contributed by atoms with Gasteiger partial charge in [0.2, 0.25) is 11.8 Å². The van der Waals surface area contributed by atoms with Gasteiger partial charge in [-0.3, -0.25) is 9.59 Å². The van der Waals surface area contributed by atoms with Crippen molar-refractivity contribution in [3.8, 4) is 0 Å². The van der Waals surface area contributed by atoms with E-state index in [-0.39, 0.29) is 17.9 Å². The first-order chi connectivity index (χ1) is 7.72. The highest BCUT2D eigenvalue weighted by Gasteiger charge is 2.16. The Balaban J connectivity index is 2.08. The van der Waals surface area contributed by atoms with E-state index in [0.717, 1.165) is 18.1 Å². The van der Waals surface area contributed by atoms with Crippen LogP contribution in [0.25, 0.3) is 0 Å². The van der Waals surface area contributed by atoms with Gasteiger partial charge in [-0.25, -0.2) is 0 Å². The second-order valence-electron chi connectivity index (χ2n) is 3.70. The lowest BCUT2D eigenvalue weighted by Gasteiger charge is -2.22. The minimum absolute atomic E-state index is 0.0175. The Hall–Kier alpha value is -0.750. The molecule has 0 aromatic heterocycles. The lowest BCUT2D eigenvalue weighted by atomic mass is 10.2. The van der Waals surface area contributed by atoms with Gasteiger partial charge in [0.05, 0.1) is 0 Å². The minimum atomic E-state index is -0.0494. The molecular formula is C10H19N3O2S. The van der Waals surface area contributed by atoms with E-state index in [1.165, 1.54) is 0 Å². The first-order valence-corrected chi connectivity index (χ1v) is 6.66. The van der Waals surface area contributed by atoms with Crippen molar-refractivity contribution in [1.82, 2.24) is 16.0 Å². The first kappa shape index (κ1) is 13.3. The number of thioether (sulfide) groups is 1. The molecule has 0 aliphatic carbocycles. The molecule has 0 bridgehead atoms. The van der Waals surface area contributed by atoms with Gasteiger partial charge in [-0.15, -0.1) is 0 Å². The molecular weight excluding hydrogens is 226 g/mol. The first-order valence-electron chi connectivity index (χ1n) is 5.50. The standard InChI is InChI=1S/C10H19N3O2S/c1-11-9(14)2-3-13-10(15)6-8-7-16-5-4-12-8/h8,12H,2-7H2,1H3,(H,11,14)(H,13,15). The number of hydrogen-bond acceptors (Lipinski definition) is 4. The molecule has 0 radical (unpaired) electrons. The van der Waals surface area contributed by atoms with Gasteiger partial charge in [0, 0.05) is 50.5 Å². The van der Waals surface area contributed by atoms with Crippen molar-refractivity contribution in [3.05, 3.63) is 0 Å². The van der Waals surface area contributed by atoms with Crippen LogP contribution >= 0.6 is 11.8 Å². The predicted octanol–water partition coefficient (Wildman–Crippen LogP) is -0.666. The molecule has 1 saturated heterocycles. The van der Waals surface area contributed by atoms with Crippen LogP contribution in [0.1, 0.15) is 12.8 Å². The van der Waals surface area contributed by atoms with Crippen LogP contribution in [0.2, 0.25) is 0 Å². The van der Waals surface area contributed by atoms with E-state index in [1.807, 2.05) is 11.8 Å². The number of rotatable bonds is 5. The maximum Gasteiger partial charge on any atom is 0.221 e. The lowest BCUT2D eigenvalue weighted by molar-refractivity contribution is -0.122. The van der Waals surface area contributed by atoms with Crippen LogP contribution in [-0.2, 0) is 9.59 Å². The van der Waals surface area contributed by atoms with E-state index in [4.69, 9.17) is 0 Å². The zero-order valence-electron chi connectivity index (χ0n) is 9.54. The molecule has 3 N–H and O–H groups in total. The van der Waals surface area contributed by atoms with Gasteiger partial charge >= 0.3 is 0 Å². The van der Waals surface area contributed by atoms with Crippen LogP contribution in [-0.4, -0.2) is 49.5 Å². The molecule has 1 aliphatic heterocycles. The number of carbonyl (C=O) groups excluding carboxylic acids is 2. The molecule has 1 rings (SSSR count). The number of hydrogen-bond donors (Lipinski definition) is 3. The smallest absolute Gasteiger partial charge is 0.221 e. The van der Waals surface area contributed by atoms with Crippen molar-refractivity contribution in [3.63, 3.8) is 0 Å². The summed E-state index contributed by atoms with van der Waals surface area (Å²) >= 11 is 1.87. The van der Waals surface area contributed by atoms with E-state index in [1.54, 1.807) is 7.05 Å². The normalized spacial score (nSPS) is 20.2. The van der Waals surface area contributed by atoms with Crippen LogP contribution in [0.5, 0.6) is 0 Å². The summed E-state index contributed by atoms with van der Waals surface area (Å²) in [5, 5.41) is 8.56. The molecule has 0 saturated carbocycles. The van der Waals surface area contributed by atoms with Gasteiger partial charge in [-0.05, 0) is 0 Å².